The second-order valence-corrected chi connectivity index (χ2v) is 3.48. The van der Waals surface area contributed by atoms with E-state index in [0.717, 1.165) is 10.1 Å². The van der Waals surface area contributed by atoms with Crippen LogP contribution in [0.1, 0.15) is 0 Å². The molecule has 0 radical (unpaired) electrons. The van der Waals surface area contributed by atoms with Crippen molar-refractivity contribution in [2.24, 2.45) is 0 Å². The van der Waals surface area contributed by atoms with Gasteiger partial charge in [0.15, 0.2) is 0 Å². The highest BCUT2D eigenvalue weighted by Crippen LogP contribution is 2.22. The molecule has 0 aliphatic heterocycles. The Balaban J connectivity index is 0.000000980. The van der Waals surface area contributed by atoms with E-state index in [1.807, 2.05) is 36.4 Å². The van der Waals surface area contributed by atoms with E-state index in [1.54, 1.807) is 24.2 Å². The van der Waals surface area contributed by atoms with Gasteiger partial charge in [0, 0.05) is 12.4 Å². The molecule has 2 aromatic rings. The lowest BCUT2D eigenvalue weighted by Gasteiger charge is -1.97. The maximum absolute atomic E-state index is 4.20. The molecule has 2 nitrogen and oxygen atoms in total. The minimum atomic E-state index is 0. The van der Waals surface area contributed by atoms with Crippen molar-refractivity contribution in [2.75, 3.05) is 0 Å². The average molecular weight is 220 g/mol. The Kier molecular flexibility index (Phi) is 4.35. The second-order valence-electron chi connectivity index (χ2n) is 2.44. The molecule has 0 bridgehead atoms. The van der Waals surface area contributed by atoms with Crippen molar-refractivity contribution < 1.29 is 0 Å². The van der Waals surface area contributed by atoms with Gasteiger partial charge in [-0.15, -0.1) is 0 Å². The van der Waals surface area contributed by atoms with Crippen LogP contribution in [0.15, 0.2) is 58.8 Å². The van der Waals surface area contributed by atoms with E-state index < -0.39 is 0 Å². The smallest absolute Gasteiger partial charge is 0.102 e. The monoisotopic (exact) mass is 220 g/mol. The van der Waals surface area contributed by atoms with Gasteiger partial charge in [-0.1, -0.05) is 23.9 Å². The summed E-state index contributed by atoms with van der Waals surface area (Å²) in [6.45, 7) is 0. The van der Waals surface area contributed by atoms with Gasteiger partial charge in [0.1, 0.15) is 10.1 Å². The van der Waals surface area contributed by atoms with E-state index in [4.69, 9.17) is 0 Å². The Bertz CT molecular complexity index is 329. The van der Waals surface area contributed by atoms with Crippen molar-refractivity contribution in [1.82, 2.24) is 9.97 Å². The van der Waals surface area contributed by atoms with Crippen molar-refractivity contribution in [1.29, 1.82) is 0 Å². The molecule has 2 aromatic heterocycles. The summed E-state index contributed by atoms with van der Waals surface area (Å²) in [6, 6.07) is 11.7. The zero-order chi connectivity index (χ0) is 8.93. The summed E-state index contributed by atoms with van der Waals surface area (Å²) in [6.07, 6.45) is 3.57. The minimum absolute atomic E-state index is 0. The third kappa shape index (κ3) is 2.97. The molecule has 14 heavy (non-hydrogen) atoms. The van der Waals surface area contributed by atoms with Crippen LogP contribution in [0.3, 0.4) is 0 Å². The molecule has 0 unspecified atom stereocenters. The van der Waals surface area contributed by atoms with Crippen LogP contribution in [-0.2, 0) is 0 Å². The largest absolute Gasteiger partial charge is 0.250 e. The fraction of sp³-hybridized carbons (Fsp3) is 0. The Morgan fingerprint density at radius 3 is 1.64 bits per heavy atom. The molecule has 0 aliphatic rings. The number of aromatic nitrogens is 2. The molecule has 0 atom stereocenters. The normalized spacial score (nSPS) is 9.14. The maximum Gasteiger partial charge on any atom is 0.102 e. The predicted molar refractivity (Wildman–Crippen MR) is 63.9 cm³/mol. The average Bonchev–Trinajstić information content (AvgIpc) is 2.21. The van der Waals surface area contributed by atoms with Gasteiger partial charge in [0.2, 0.25) is 0 Å². The van der Waals surface area contributed by atoms with Crippen LogP contribution < -0.4 is 0 Å². The first kappa shape index (κ1) is 10.9. The maximum atomic E-state index is 4.20. The highest BCUT2D eigenvalue weighted by Gasteiger charge is 1.96. The molecule has 4 heteroatoms. The fourth-order valence-electron chi connectivity index (χ4n) is 0.922. The van der Waals surface area contributed by atoms with E-state index in [0.29, 0.717) is 0 Å². The molecular formula is C10H12N2SSi. The lowest BCUT2D eigenvalue weighted by atomic mass is 10.5. The van der Waals surface area contributed by atoms with Crippen LogP contribution in [0.2, 0.25) is 0 Å². The summed E-state index contributed by atoms with van der Waals surface area (Å²) in [7, 11) is 0. The number of hydrogen-bond acceptors (Lipinski definition) is 3. The Labute approximate surface area is 91.8 Å². The molecule has 2 rings (SSSR count). The van der Waals surface area contributed by atoms with Gasteiger partial charge in [0.05, 0.1) is 0 Å². The summed E-state index contributed by atoms with van der Waals surface area (Å²) < 4.78 is 0. The highest BCUT2D eigenvalue weighted by atomic mass is 32.2. The van der Waals surface area contributed by atoms with Crippen molar-refractivity contribution >= 4 is 22.7 Å². The third-order valence-corrected chi connectivity index (χ3v) is 2.39. The van der Waals surface area contributed by atoms with Crippen LogP contribution in [0.5, 0.6) is 0 Å². The standard InChI is InChI=1S/C10H8N2S.H4Si/c1-3-7-11-9(5-1)13-10-6-2-4-8-12-10;/h1-8H;1H4. The molecule has 2 heterocycles. The minimum Gasteiger partial charge on any atom is -0.250 e. The van der Waals surface area contributed by atoms with Gasteiger partial charge >= 0.3 is 0 Å². The van der Waals surface area contributed by atoms with E-state index in [-0.39, 0.29) is 11.0 Å². The topological polar surface area (TPSA) is 25.8 Å². The van der Waals surface area contributed by atoms with E-state index in [1.165, 1.54) is 0 Å². The van der Waals surface area contributed by atoms with Crippen molar-refractivity contribution in [3.8, 4) is 0 Å². The molecule has 0 saturated heterocycles. The SMILES string of the molecule is [SiH4].c1ccc(Sc2ccccn2)nc1. The number of hydrogen-bond donors (Lipinski definition) is 0. The molecule has 0 spiro atoms. The summed E-state index contributed by atoms with van der Waals surface area (Å²) >= 11 is 1.57. The number of pyridine rings is 2. The van der Waals surface area contributed by atoms with Crippen LogP contribution in [0, 0.1) is 0 Å². The Morgan fingerprint density at radius 2 is 1.29 bits per heavy atom. The Hall–Kier alpha value is -1.13. The molecule has 72 valence electrons. The molecular weight excluding hydrogens is 208 g/mol. The molecule has 0 fully saturated rings. The van der Waals surface area contributed by atoms with Crippen LogP contribution >= 0.6 is 11.8 Å². The van der Waals surface area contributed by atoms with E-state index in [9.17, 15) is 0 Å². The predicted octanol–water partition coefficient (Wildman–Crippen LogP) is 1.18. The first-order chi connectivity index (χ1) is 6.45. The first-order valence-electron chi connectivity index (χ1n) is 3.95. The first-order valence-corrected chi connectivity index (χ1v) is 4.77. The molecule has 0 aromatic carbocycles. The lowest BCUT2D eigenvalue weighted by Crippen LogP contribution is -1.79. The molecule has 0 N–H and O–H groups in total. The quantitative estimate of drug-likeness (QED) is 0.711. The molecule has 0 aliphatic carbocycles. The van der Waals surface area contributed by atoms with E-state index in [2.05, 4.69) is 9.97 Å². The lowest BCUT2D eigenvalue weighted by molar-refractivity contribution is 1.09. The number of rotatable bonds is 2. The van der Waals surface area contributed by atoms with Crippen LogP contribution in [0.4, 0.5) is 0 Å². The highest BCUT2D eigenvalue weighted by molar-refractivity contribution is 7.99. The third-order valence-electron chi connectivity index (χ3n) is 1.48. The molecule has 0 amide bonds. The Morgan fingerprint density at radius 1 is 0.786 bits per heavy atom. The second kappa shape index (κ2) is 5.57. The van der Waals surface area contributed by atoms with E-state index >= 15 is 0 Å². The summed E-state index contributed by atoms with van der Waals surface area (Å²) in [5.74, 6) is 0. The van der Waals surface area contributed by atoms with Crippen molar-refractivity contribution in [3.63, 3.8) is 0 Å². The van der Waals surface area contributed by atoms with Crippen LogP contribution in [-0.4, -0.2) is 20.9 Å². The van der Waals surface area contributed by atoms with Gasteiger partial charge in [0.25, 0.3) is 0 Å². The van der Waals surface area contributed by atoms with Gasteiger partial charge in [-0.25, -0.2) is 9.97 Å². The van der Waals surface area contributed by atoms with Gasteiger partial charge < -0.3 is 0 Å². The van der Waals surface area contributed by atoms with Crippen molar-refractivity contribution in [2.45, 2.75) is 10.1 Å². The molecule has 0 saturated carbocycles. The summed E-state index contributed by atoms with van der Waals surface area (Å²) in [5.41, 5.74) is 0. The van der Waals surface area contributed by atoms with Gasteiger partial charge in [-0.05, 0) is 35.2 Å². The van der Waals surface area contributed by atoms with Crippen molar-refractivity contribution in [3.05, 3.63) is 48.8 Å². The summed E-state index contributed by atoms with van der Waals surface area (Å²) in [5, 5.41) is 1.95. The van der Waals surface area contributed by atoms with Gasteiger partial charge in [-0.2, -0.15) is 0 Å². The fourth-order valence-corrected chi connectivity index (χ4v) is 1.66. The zero-order valence-corrected chi connectivity index (χ0v) is 7.74. The summed E-state index contributed by atoms with van der Waals surface area (Å²) in [4.78, 5) is 8.39. The zero-order valence-electron chi connectivity index (χ0n) is 6.92. The van der Waals surface area contributed by atoms with Gasteiger partial charge in [-0.3, -0.25) is 0 Å². The van der Waals surface area contributed by atoms with Crippen LogP contribution in [0.25, 0.3) is 0 Å². The number of nitrogens with zero attached hydrogens (tertiary/aromatic N) is 2.